The Morgan fingerprint density at radius 1 is 1.33 bits per heavy atom. The van der Waals surface area contributed by atoms with Gasteiger partial charge in [-0.25, -0.2) is 0 Å². The number of aromatic amines is 1. The summed E-state index contributed by atoms with van der Waals surface area (Å²) >= 11 is 0. The van der Waals surface area contributed by atoms with Crippen LogP contribution in [0.25, 0.3) is 0 Å². The number of nitrogens with one attached hydrogen (secondary N) is 1. The molecule has 0 amide bonds. The van der Waals surface area contributed by atoms with Crippen LogP contribution >= 0.6 is 0 Å². The average Bonchev–Trinajstić information content (AvgIpc) is 3.15. The van der Waals surface area contributed by atoms with Crippen molar-refractivity contribution in [3.63, 3.8) is 0 Å². The van der Waals surface area contributed by atoms with Gasteiger partial charge in [0.2, 0.25) is 0 Å². The second-order valence-electron chi connectivity index (χ2n) is 8.20. The number of esters is 1. The number of hydrogen-bond acceptors (Lipinski definition) is 5. The molecule has 1 N–H and O–H groups in total. The summed E-state index contributed by atoms with van der Waals surface area (Å²) in [5.41, 5.74) is 2.17. The van der Waals surface area contributed by atoms with Crippen molar-refractivity contribution in [3.8, 4) is 0 Å². The summed E-state index contributed by atoms with van der Waals surface area (Å²) < 4.78 is 10.7. The van der Waals surface area contributed by atoms with Crippen molar-refractivity contribution in [2.75, 3.05) is 33.4 Å². The highest BCUT2D eigenvalue weighted by atomic mass is 16.5. The fourth-order valence-electron chi connectivity index (χ4n) is 4.85. The third-order valence-corrected chi connectivity index (χ3v) is 6.31. The minimum atomic E-state index is -0.445. The molecule has 6 nitrogen and oxygen atoms in total. The molecule has 0 bridgehead atoms. The summed E-state index contributed by atoms with van der Waals surface area (Å²) in [6.07, 6.45) is 11.1. The Balaban J connectivity index is 1.70. The summed E-state index contributed by atoms with van der Waals surface area (Å²) in [7, 11) is 1.70. The molecule has 1 saturated heterocycles. The number of carbonyl (C=O) groups excluding carboxylic acids is 1. The number of methoxy groups -OCH3 is 1. The second-order valence-corrected chi connectivity index (χ2v) is 8.20. The lowest BCUT2D eigenvalue weighted by Crippen LogP contribution is -2.48. The molecule has 6 heteroatoms. The molecular formula is C21H35N3O3. The normalized spacial score (nSPS) is 24.8. The molecule has 3 rings (SSSR count). The second kappa shape index (κ2) is 9.69. The van der Waals surface area contributed by atoms with Crippen LogP contribution in [0.4, 0.5) is 0 Å². The Labute approximate surface area is 163 Å². The van der Waals surface area contributed by atoms with Crippen LogP contribution in [0.3, 0.4) is 0 Å². The number of ether oxygens (including phenoxy) is 2. The van der Waals surface area contributed by atoms with Crippen LogP contribution in [0.2, 0.25) is 0 Å². The lowest BCUT2D eigenvalue weighted by Gasteiger charge is -2.41. The van der Waals surface area contributed by atoms with Gasteiger partial charge >= 0.3 is 5.97 Å². The van der Waals surface area contributed by atoms with Gasteiger partial charge in [0.15, 0.2) is 0 Å². The molecule has 152 valence electrons. The van der Waals surface area contributed by atoms with E-state index in [4.69, 9.17) is 9.47 Å². The maximum absolute atomic E-state index is 12.8. The summed E-state index contributed by atoms with van der Waals surface area (Å²) in [6.45, 7) is 5.52. The first-order valence-electron chi connectivity index (χ1n) is 10.6. The van der Waals surface area contributed by atoms with Crippen LogP contribution in [0, 0.1) is 5.41 Å². The van der Waals surface area contributed by atoms with Gasteiger partial charge in [-0.05, 0) is 45.6 Å². The maximum Gasteiger partial charge on any atom is 0.313 e. The standard InChI is InChI=1S/C21H35N3O3/c1-3-27-20(25)21(11-13-26-2)10-7-12-24(16-21)15-18-14-22-23-19(18)17-8-5-4-6-9-17/h14,17H,3-13,15-16H2,1-2H3,(H,22,23). The number of likely N-dealkylation sites (tertiary alicyclic amines) is 1. The van der Waals surface area contributed by atoms with Gasteiger partial charge in [0.1, 0.15) is 0 Å². The molecule has 1 aliphatic heterocycles. The molecule has 27 heavy (non-hydrogen) atoms. The fraction of sp³-hybridized carbons (Fsp3) is 0.810. The highest BCUT2D eigenvalue weighted by Gasteiger charge is 2.43. The van der Waals surface area contributed by atoms with Gasteiger partial charge in [0.25, 0.3) is 0 Å². The van der Waals surface area contributed by atoms with E-state index in [2.05, 4.69) is 15.1 Å². The molecule has 2 heterocycles. The van der Waals surface area contributed by atoms with E-state index in [-0.39, 0.29) is 5.97 Å². The Hall–Kier alpha value is -1.40. The lowest BCUT2D eigenvalue weighted by atomic mass is 9.77. The van der Waals surface area contributed by atoms with E-state index in [1.54, 1.807) is 7.11 Å². The van der Waals surface area contributed by atoms with Crippen LogP contribution in [-0.4, -0.2) is 54.5 Å². The van der Waals surface area contributed by atoms with Crippen LogP contribution in [-0.2, 0) is 20.8 Å². The number of carbonyl (C=O) groups is 1. The van der Waals surface area contributed by atoms with Gasteiger partial charge in [0, 0.05) is 44.0 Å². The Morgan fingerprint density at radius 3 is 2.89 bits per heavy atom. The van der Waals surface area contributed by atoms with Gasteiger partial charge in [0.05, 0.1) is 18.2 Å². The van der Waals surface area contributed by atoms with Crippen molar-refractivity contribution >= 4 is 5.97 Å². The van der Waals surface area contributed by atoms with Crippen LogP contribution in [0.1, 0.15) is 75.5 Å². The van der Waals surface area contributed by atoms with E-state index in [0.29, 0.717) is 19.1 Å². The quantitative estimate of drug-likeness (QED) is 0.701. The summed E-state index contributed by atoms with van der Waals surface area (Å²) in [4.78, 5) is 15.2. The molecule has 1 aromatic heterocycles. The minimum absolute atomic E-state index is 0.0635. The van der Waals surface area contributed by atoms with Gasteiger partial charge in [-0.3, -0.25) is 14.8 Å². The first-order valence-corrected chi connectivity index (χ1v) is 10.6. The van der Waals surface area contributed by atoms with E-state index >= 15 is 0 Å². The molecule has 2 fully saturated rings. The summed E-state index contributed by atoms with van der Waals surface area (Å²) in [6, 6.07) is 0. The number of aromatic nitrogens is 2. The zero-order valence-corrected chi connectivity index (χ0v) is 17.0. The highest BCUT2D eigenvalue weighted by Crippen LogP contribution is 2.37. The molecule has 1 atom stereocenters. The number of piperidine rings is 1. The predicted octanol–water partition coefficient (Wildman–Crippen LogP) is 3.64. The zero-order chi connectivity index (χ0) is 19.1. The third kappa shape index (κ3) is 4.91. The topological polar surface area (TPSA) is 67.5 Å². The molecular weight excluding hydrogens is 342 g/mol. The van der Waals surface area contributed by atoms with Crippen molar-refractivity contribution < 1.29 is 14.3 Å². The smallest absolute Gasteiger partial charge is 0.313 e. The van der Waals surface area contributed by atoms with Crippen LogP contribution in [0.15, 0.2) is 6.20 Å². The van der Waals surface area contributed by atoms with E-state index in [1.165, 1.54) is 43.4 Å². The van der Waals surface area contributed by atoms with Crippen molar-refractivity contribution in [3.05, 3.63) is 17.5 Å². The van der Waals surface area contributed by atoms with Crippen molar-refractivity contribution in [2.24, 2.45) is 5.41 Å². The number of nitrogens with zero attached hydrogens (tertiary/aromatic N) is 2. The van der Waals surface area contributed by atoms with Crippen LogP contribution in [0.5, 0.6) is 0 Å². The Kier molecular flexibility index (Phi) is 7.30. The number of hydrogen-bond donors (Lipinski definition) is 1. The fourth-order valence-corrected chi connectivity index (χ4v) is 4.85. The van der Waals surface area contributed by atoms with Crippen molar-refractivity contribution in [2.45, 2.75) is 70.8 Å². The van der Waals surface area contributed by atoms with Crippen LogP contribution < -0.4 is 0 Å². The monoisotopic (exact) mass is 377 g/mol. The largest absolute Gasteiger partial charge is 0.466 e. The lowest BCUT2D eigenvalue weighted by molar-refractivity contribution is -0.160. The van der Waals surface area contributed by atoms with E-state index in [0.717, 1.165) is 38.9 Å². The Morgan fingerprint density at radius 2 is 2.15 bits per heavy atom. The average molecular weight is 378 g/mol. The SMILES string of the molecule is CCOC(=O)C1(CCOC)CCCN(Cc2cn[nH]c2C2CCCCC2)C1. The van der Waals surface area contributed by atoms with E-state index in [9.17, 15) is 4.79 Å². The van der Waals surface area contributed by atoms with E-state index in [1.807, 2.05) is 13.1 Å². The maximum atomic E-state index is 12.8. The summed E-state index contributed by atoms with van der Waals surface area (Å²) in [5.74, 6) is 0.552. The highest BCUT2D eigenvalue weighted by molar-refractivity contribution is 5.77. The van der Waals surface area contributed by atoms with Gasteiger partial charge < -0.3 is 9.47 Å². The third-order valence-electron chi connectivity index (χ3n) is 6.31. The Bertz CT molecular complexity index is 597. The molecule has 1 saturated carbocycles. The first-order chi connectivity index (χ1) is 13.2. The minimum Gasteiger partial charge on any atom is -0.466 e. The number of H-pyrrole nitrogens is 1. The first kappa shape index (κ1) is 20.3. The van der Waals surface area contributed by atoms with Gasteiger partial charge in [-0.2, -0.15) is 5.10 Å². The molecule has 0 aromatic carbocycles. The molecule has 1 aliphatic carbocycles. The molecule has 2 aliphatic rings. The van der Waals surface area contributed by atoms with E-state index < -0.39 is 5.41 Å². The summed E-state index contributed by atoms with van der Waals surface area (Å²) in [5, 5.41) is 7.62. The number of rotatable bonds is 8. The predicted molar refractivity (Wildman–Crippen MR) is 104 cm³/mol. The zero-order valence-electron chi connectivity index (χ0n) is 17.0. The molecule has 0 radical (unpaired) electrons. The molecule has 1 aromatic rings. The van der Waals surface area contributed by atoms with Gasteiger partial charge in [-0.15, -0.1) is 0 Å². The molecule has 0 spiro atoms. The van der Waals surface area contributed by atoms with Crippen molar-refractivity contribution in [1.29, 1.82) is 0 Å². The van der Waals surface area contributed by atoms with Crippen molar-refractivity contribution in [1.82, 2.24) is 15.1 Å². The molecule has 1 unspecified atom stereocenters. The van der Waals surface area contributed by atoms with Gasteiger partial charge in [-0.1, -0.05) is 19.3 Å².